The number of likely N-dealkylation sites (tertiary alicyclic amines) is 1. The Bertz CT molecular complexity index is 465. The highest BCUT2D eigenvalue weighted by atomic mass is 19.1. The first kappa shape index (κ1) is 13.8. The summed E-state index contributed by atoms with van der Waals surface area (Å²) in [5.41, 5.74) is 0.324. The normalized spacial score (nSPS) is 19.4. The smallest absolute Gasteiger partial charge is 0.251 e. The van der Waals surface area contributed by atoms with Crippen molar-refractivity contribution in [3.63, 3.8) is 0 Å². The molecule has 0 aromatic heterocycles. The van der Waals surface area contributed by atoms with Crippen molar-refractivity contribution in [2.24, 2.45) is 5.92 Å². The number of carbonyl (C=O) groups is 1. The van der Waals surface area contributed by atoms with Gasteiger partial charge in [-0.1, -0.05) is 0 Å². The van der Waals surface area contributed by atoms with Gasteiger partial charge in [0.15, 0.2) is 11.6 Å². The number of hydrogen-bond donors (Lipinski definition) is 1. The molecule has 1 atom stereocenters. The molecule has 104 valence electrons. The molecule has 1 heterocycles. The number of halogens is 1. The number of carbonyl (C=O) groups excluding carboxylic acids is 1. The van der Waals surface area contributed by atoms with Gasteiger partial charge in [-0.2, -0.15) is 0 Å². The zero-order valence-corrected chi connectivity index (χ0v) is 11.3. The van der Waals surface area contributed by atoms with Crippen LogP contribution in [0.15, 0.2) is 18.2 Å². The Morgan fingerprint density at radius 1 is 1.58 bits per heavy atom. The molecule has 2 rings (SSSR count). The molecule has 1 aromatic carbocycles. The van der Waals surface area contributed by atoms with Crippen molar-refractivity contribution < 1.29 is 13.9 Å². The molecule has 0 spiro atoms. The minimum atomic E-state index is -0.518. The molecular formula is C14H19FN2O2. The monoisotopic (exact) mass is 266 g/mol. The molecule has 0 radical (unpaired) electrons. The van der Waals surface area contributed by atoms with E-state index in [1.54, 1.807) is 6.07 Å². The zero-order chi connectivity index (χ0) is 13.8. The Morgan fingerprint density at radius 3 is 2.95 bits per heavy atom. The molecule has 1 aliphatic heterocycles. The molecule has 0 unspecified atom stereocenters. The van der Waals surface area contributed by atoms with Crippen LogP contribution >= 0.6 is 0 Å². The lowest BCUT2D eigenvalue weighted by atomic mass is 10.1. The predicted octanol–water partition coefficient (Wildman–Crippen LogP) is 1.52. The number of ether oxygens (including phenoxy) is 1. The predicted molar refractivity (Wildman–Crippen MR) is 70.9 cm³/mol. The van der Waals surface area contributed by atoms with Crippen molar-refractivity contribution in [3.8, 4) is 5.75 Å². The van der Waals surface area contributed by atoms with Crippen LogP contribution in [0.1, 0.15) is 16.8 Å². The second kappa shape index (κ2) is 6.02. The van der Waals surface area contributed by atoms with Gasteiger partial charge >= 0.3 is 0 Å². The first-order valence-corrected chi connectivity index (χ1v) is 6.40. The van der Waals surface area contributed by atoms with E-state index in [4.69, 9.17) is 4.74 Å². The quantitative estimate of drug-likeness (QED) is 0.898. The van der Waals surface area contributed by atoms with Gasteiger partial charge in [-0.3, -0.25) is 4.79 Å². The van der Waals surface area contributed by atoms with Gasteiger partial charge in [0.25, 0.3) is 5.91 Å². The first-order valence-electron chi connectivity index (χ1n) is 6.40. The van der Waals surface area contributed by atoms with E-state index in [9.17, 15) is 9.18 Å². The van der Waals surface area contributed by atoms with Crippen molar-refractivity contribution >= 4 is 5.91 Å². The van der Waals surface area contributed by atoms with Crippen molar-refractivity contribution in [3.05, 3.63) is 29.6 Å². The van der Waals surface area contributed by atoms with Crippen LogP contribution in [0, 0.1) is 11.7 Å². The molecule has 1 amide bonds. The van der Waals surface area contributed by atoms with E-state index in [-0.39, 0.29) is 11.7 Å². The maximum absolute atomic E-state index is 13.5. The van der Waals surface area contributed by atoms with Gasteiger partial charge in [-0.25, -0.2) is 4.39 Å². The van der Waals surface area contributed by atoms with Crippen LogP contribution in [0.2, 0.25) is 0 Å². The lowest BCUT2D eigenvalue weighted by molar-refractivity contribution is 0.0947. The number of benzene rings is 1. The molecule has 4 nitrogen and oxygen atoms in total. The average molecular weight is 266 g/mol. The van der Waals surface area contributed by atoms with Crippen LogP contribution in [-0.2, 0) is 0 Å². The van der Waals surface area contributed by atoms with Gasteiger partial charge < -0.3 is 15.0 Å². The molecule has 1 aliphatic rings. The SMILES string of the molecule is COc1ccc(C(=O)NC[C@@H]2CCN(C)C2)cc1F. The molecule has 19 heavy (non-hydrogen) atoms. The summed E-state index contributed by atoms with van der Waals surface area (Å²) in [6.45, 7) is 2.70. The molecule has 5 heteroatoms. The summed E-state index contributed by atoms with van der Waals surface area (Å²) in [5.74, 6) is -0.127. The van der Waals surface area contributed by atoms with Crippen molar-refractivity contribution in [1.82, 2.24) is 10.2 Å². The second-order valence-electron chi connectivity index (χ2n) is 4.98. The Balaban J connectivity index is 1.91. The molecule has 0 saturated carbocycles. The molecule has 1 fully saturated rings. The average Bonchev–Trinajstić information content (AvgIpc) is 2.81. The number of rotatable bonds is 4. The van der Waals surface area contributed by atoms with Crippen molar-refractivity contribution in [1.29, 1.82) is 0 Å². The Labute approximate surface area is 112 Å². The highest BCUT2D eigenvalue weighted by molar-refractivity contribution is 5.94. The summed E-state index contributed by atoms with van der Waals surface area (Å²) in [5, 5.41) is 2.85. The number of nitrogens with one attached hydrogen (secondary N) is 1. The summed E-state index contributed by atoms with van der Waals surface area (Å²) in [7, 11) is 3.47. The van der Waals surface area contributed by atoms with Crippen molar-refractivity contribution in [2.45, 2.75) is 6.42 Å². The number of hydrogen-bond acceptors (Lipinski definition) is 3. The summed E-state index contributed by atoms with van der Waals surface area (Å²) >= 11 is 0. The summed E-state index contributed by atoms with van der Waals surface area (Å²) in [6.07, 6.45) is 1.09. The lowest BCUT2D eigenvalue weighted by Gasteiger charge is -2.12. The van der Waals surface area contributed by atoms with Crippen LogP contribution < -0.4 is 10.1 Å². The van der Waals surface area contributed by atoms with E-state index < -0.39 is 5.82 Å². The number of methoxy groups -OCH3 is 1. The maximum Gasteiger partial charge on any atom is 0.251 e. The fourth-order valence-electron chi connectivity index (χ4n) is 2.34. The highest BCUT2D eigenvalue weighted by Crippen LogP contribution is 2.18. The minimum absolute atomic E-state index is 0.147. The Morgan fingerprint density at radius 2 is 2.37 bits per heavy atom. The van der Waals surface area contributed by atoms with Gasteiger partial charge in [0, 0.05) is 18.7 Å². The van der Waals surface area contributed by atoms with Crippen LogP contribution in [0.25, 0.3) is 0 Å². The Hall–Kier alpha value is -1.62. The highest BCUT2D eigenvalue weighted by Gasteiger charge is 2.20. The Kier molecular flexibility index (Phi) is 4.37. The fraction of sp³-hybridized carbons (Fsp3) is 0.500. The number of nitrogens with zero attached hydrogens (tertiary/aromatic N) is 1. The largest absolute Gasteiger partial charge is 0.494 e. The van der Waals surface area contributed by atoms with E-state index in [1.165, 1.54) is 19.2 Å². The summed E-state index contributed by atoms with van der Waals surface area (Å²) in [6, 6.07) is 4.24. The van der Waals surface area contributed by atoms with Crippen LogP contribution in [-0.4, -0.2) is 44.6 Å². The van der Waals surface area contributed by atoms with Crippen molar-refractivity contribution in [2.75, 3.05) is 33.8 Å². The molecule has 0 bridgehead atoms. The van der Waals surface area contributed by atoms with Gasteiger partial charge in [-0.05, 0) is 44.1 Å². The summed E-state index contributed by atoms with van der Waals surface area (Å²) < 4.78 is 18.3. The first-order chi connectivity index (χ1) is 9.10. The topological polar surface area (TPSA) is 41.6 Å². The fourth-order valence-corrected chi connectivity index (χ4v) is 2.34. The lowest BCUT2D eigenvalue weighted by Crippen LogP contribution is -2.30. The second-order valence-corrected chi connectivity index (χ2v) is 4.98. The molecule has 0 aliphatic carbocycles. The summed E-state index contributed by atoms with van der Waals surface area (Å²) in [4.78, 5) is 14.1. The third-order valence-corrected chi connectivity index (χ3v) is 3.45. The third kappa shape index (κ3) is 3.44. The maximum atomic E-state index is 13.5. The van der Waals surface area contributed by atoms with Gasteiger partial charge in [0.1, 0.15) is 0 Å². The van der Waals surface area contributed by atoms with Crippen LogP contribution in [0.5, 0.6) is 5.75 Å². The van der Waals surface area contributed by atoms with E-state index in [2.05, 4.69) is 17.3 Å². The van der Waals surface area contributed by atoms with E-state index in [1.807, 2.05) is 0 Å². The van der Waals surface area contributed by atoms with Crippen LogP contribution in [0.3, 0.4) is 0 Å². The van der Waals surface area contributed by atoms with E-state index >= 15 is 0 Å². The standard InChI is InChI=1S/C14H19FN2O2/c1-17-6-5-10(9-17)8-16-14(18)11-3-4-13(19-2)12(15)7-11/h3-4,7,10H,5-6,8-9H2,1-2H3,(H,16,18)/t10-/m0/s1. The minimum Gasteiger partial charge on any atom is -0.494 e. The molecule has 1 N–H and O–H groups in total. The van der Waals surface area contributed by atoms with E-state index in [0.29, 0.717) is 18.0 Å². The van der Waals surface area contributed by atoms with E-state index in [0.717, 1.165) is 19.5 Å². The number of amides is 1. The van der Waals surface area contributed by atoms with Gasteiger partial charge in [0.2, 0.25) is 0 Å². The molecular weight excluding hydrogens is 247 g/mol. The third-order valence-electron chi connectivity index (χ3n) is 3.45. The molecule has 1 saturated heterocycles. The van der Waals surface area contributed by atoms with Crippen LogP contribution in [0.4, 0.5) is 4.39 Å². The van der Waals surface area contributed by atoms with Gasteiger partial charge in [0.05, 0.1) is 7.11 Å². The molecule has 1 aromatic rings. The zero-order valence-electron chi connectivity index (χ0n) is 11.3. The van der Waals surface area contributed by atoms with Gasteiger partial charge in [-0.15, -0.1) is 0 Å².